The Hall–Kier alpha value is -1.93. The summed E-state index contributed by atoms with van der Waals surface area (Å²) < 4.78 is 27.7. The molecule has 0 radical (unpaired) electrons. The number of benzene rings is 2. The summed E-state index contributed by atoms with van der Waals surface area (Å²) in [7, 11) is -3.82. The van der Waals surface area contributed by atoms with E-state index in [9.17, 15) is 13.2 Å². The first-order valence-electron chi connectivity index (χ1n) is 9.70. The van der Waals surface area contributed by atoms with E-state index in [1.165, 1.54) is 4.31 Å². The third-order valence-corrected chi connectivity index (χ3v) is 7.19. The smallest absolute Gasteiger partial charge is 0.243 e. The quantitative estimate of drug-likeness (QED) is 0.670. The molecular formula is C21H26ClN3O3S. The number of halogens is 1. The number of sulfonamides is 1. The molecule has 6 nitrogen and oxygen atoms in total. The van der Waals surface area contributed by atoms with Crippen molar-refractivity contribution in [3.63, 3.8) is 0 Å². The number of nitrogens with zero attached hydrogens (tertiary/aromatic N) is 3. The van der Waals surface area contributed by atoms with Crippen LogP contribution in [0.15, 0.2) is 59.5 Å². The predicted octanol–water partition coefficient (Wildman–Crippen LogP) is 2.70. The zero-order chi connectivity index (χ0) is 20.9. The van der Waals surface area contributed by atoms with Crippen molar-refractivity contribution < 1.29 is 13.2 Å². The van der Waals surface area contributed by atoms with Gasteiger partial charge in [-0.3, -0.25) is 4.79 Å². The van der Waals surface area contributed by atoms with Crippen molar-refractivity contribution in [2.24, 2.45) is 0 Å². The molecular weight excluding hydrogens is 410 g/mol. The molecule has 0 unspecified atom stereocenters. The predicted molar refractivity (Wildman–Crippen MR) is 114 cm³/mol. The number of piperazine rings is 1. The Labute approximate surface area is 177 Å². The summed E-state index contributed by atoms with van der Waals surface area (Å²) in [5.74, 6) is -0.172. The minimum absolute atomic E-state index is 0.106. The summed E-state index contributed by atoms with van der Waals surface area (Å²) in [5.41, 5.74) is 0.775. The lowest BCUT2D eigenvalue weighted by atomic mass is 10.2. The summed E-state index contributed by atoms with van der Waals surface area (Å²) >= 11 is 5.95. The molecule has 0 aromatic heterocycles. The topological polar surface area (TPSA) is 60.9 Å². The molecule has 1 heterocycles. The van der Waals surface area contributed by atoms with Gasteiger partial charge in [0.05, 0.1) is 11.4 Å². The first kappa shape index (κ1) is 21.8. The lowest BCUT2D eigenvalue weighted by Gasteiger charge is -2.35. The van der Waals surface area contributed by atoms with Gasteiger partial charge in [-0.2, -0.15) is 4.31 Å². The minimum Gasteiger partial charge on any atom is -0.339 e. The highest BCUT2D eigenvalue weighted by atomic mass is 35.5. The lowest BCUT2D eigenvalue weighted by Crippen LogP contribution is -2.51. The molecule has 1 aliphatic rings. The second-order valence-corrected chi connectivity index (χ2v) is 9.40. The summed E-state index contributed by atoms with van der Waals surface area (Å²) in [6, 6.07) is 15.2. The van der Waals surface area contributed by atoms with E-state index in [1.807, 2.05) is 0 Å². The fourth-order valence-corrected chi connectivity index (χ4v) is 4.85. The van der Waals surface area contributed by atoms with Gasteiger partial charge in [0, 0.05) is 37.7 Å². The minimum atomic E-state index is -3.82. The van der Waals surface area contributed by atoms with Gasteiger partial charge in [0.15, 0.2) is 0 Å². The van der Waals surface area contributed by atoms with Crippen molar-refractivity contribution in [1.29, 1.82) is 0 Å². The van der Waals surface area contributed by atoms with Crippen molar-refractivity contribution in [3.8, 4) is 0 Å². The highest BCUT2D eigenvalue weighted by Gasteiger charge is 2.29. The number of likely N-dealkylation sites (N-methyl/N-ethyl adjacent to an activating group) is 1. The van der Waals surface area contributed by atoms with Crippen LogP contribution < -0.4 is 0 Å². The van der Waals surface area contributed by atoms with Crippen LogP contribution in [0.25, 0.3) is 0 Å². The Morgan fingerprint density at radius 3 is 2.21 bits per heavy atom. The van der Waals surface area contributed by atoms with Gasteiger partial charge in [0.1, 0.15) is 0 Å². The number of carbonyl (C=O) groups excluding carboxylic acids is 1. The van der Waals surface area contributed by atoms with Gasteiger partial charge in [-0.05, 0) is 36.4 Å². The maximum Gasteiger partial charge on any atom is 0.243 e. The molecule has 1 aliphatic heterocycles. The number of hydrogen-bond acceptors (Lipinski definition) is 4. The first-order chi connectivity index (χ1) is 13.9. The lowest BCUT2D eigenvalue weighted by molar-refractivity contribution is -0.133. The first-order valence-corrected chi connectivity index (χ1v) is 11.5. The van der Waals surface area contributed by atoms with E-state index in [4.69, 9.17) is 11.6 Å². The van der Waals surface area contributed by atoms with Gasteiger partial charge < -0.3 is 9.80 Å². The highest BCUT2D eigenvalue weighted by molar-refractivity contribution is 7.89. The molecule has 1 fully saturated rings. The van der Waals surface area contributed by atoms with Crippen molar-refractivity contribution in [2.75, 3.05) is 39.3 Å². The van der Waals surface area contributed by atoms with Crippen LogP contribution in [-0.4, -0.2) is 67.7 Å². The van der Waals surface area contributed by atoms with Crippen molar-refractivity contribution in [2.45, 2.75) is 18.4 Å². The van der Waals surface area contributed by atoms with E-state index in [1.54, 1.807) is 59.5 Å². The normalized spacial score (nSPS) is 15.6. The Kier molecular flexibility index (Phi) is 7.29. The summed E-state index contributed by atoms with van der Waals surface area (Å²) in [4.78, 5) is 17.1. The molecule has 1 amide bonds. The van der Waals surface area contributed by atoms with Crippen LogP contribution in [0.2, 0.25) is 5.02 Å². The Morgan fingerprint density at radius 2 is 1.62 bits per heavy atom. The molecule has 0 spiro atoms. The van der Waals surface area contributed by atoms with Gasteiger partial charge in [0.2, 0.25) is 15.9 Å². The molecule has 0 N–H and O–H groups in total. The third-order valence-electron chi connectivity index (χ3n) is 5.14. The monoisotopic (exact) mass is 435 g/mol. The Morgan fingerprint density at radius 1 is 1.00 bits per heavy atom. The summed E-state index contributed by atoms with van der Waals surface area (Å²) in [6.07, 6.45) is 0. The fourth-order valence-electron chi connectivity index (χ4n) is 3.33. The third kappa shape index (κ3) is 5.57. The van der Waals surface area contributed by atoms with Crippen molar-refractivity contribution in [3.05, 3.63) is 65.2 Å². The SMILES string of the molecule is CCN1CCN(C(=O)CN(Cc2ccc(Cl)cc2)S(=O)(=O)c2ccccc2)CC1. The average Bonchev–Trinajstić information content (AvgIpc) is 2.75. The van der Waals surface area contributed by atoms with Crippen molar-refractivity contribution >= 4 is 27.5 Å². The van der Waals surface area contributed by atoms with Crippen LogP contribution >= 0.6 is 11.6 Å². The van der Waals surface area contributed by atoms with Gasteiger partial charge in [-0.1, -0.05) is 48.9 Å². The van der Waals surface area contributed by atoms with Crippen LogP contribution in [-0.2, 0) is 21.4 Å². The summed E-state index contributed by atoms with van der Waals surface area (Å²) in [5, 5.41) is 0.580. The molecule has 0 aliphatic carbocycles. The van der Waals surface area contributed by atoms with Crippen LogP contribution in [0.1, 0.15) is 12.5 Å². The van der Waals surface area contributed by atoms with Gasteiger partial charge in [0.25, 0.3) is 0 Å². The molecule has 2 aromatic carbocycles. The van der Waals surface area contributed by atoms with E-state index in [2.05, 4.69) is 11.8 Å². The molecule has 156 valence electrons. The van der Waals surface area contributed by atoms with Crippen LogP contribution in [0.3, 0.4) is 0 Å². The van der Waals surface area contributed by atoms with Crippen LogP contribution in [0.4, 0.5) is 0 Å². The van der Waals surface area contributed by atoms with Crippen molar-refractivity contribution in [1.82, 2.24) is 14.1 Å². The second kappa shape index (κ2) is 9.71. The number of rotatable bonds is 7. The highest BCUT2D eigenvalue weighted by Crippen LogP contribution is 2.20. The zero-order valence-corrected chi connectivity index (χ0v) is 18.1. The standard InChI is InChI=1S/C21H26ClN3O3S/c1-2-23-12-14-24(15-13-23)21(26)17-25(16-18-8-10-19(22)11-9-18)29(27,28)20-6-4-3-5-7-20/h3-11H,2,12-17H2,1H3. The Bertz CT molecular complexity index is 912. The average molecular weight is 436 g/mol. The van der Waals surface area contributed by atoms with E-state index in [0.29, 0.717) is 18.1 Å². The van der Waals surface area contributed by atoms with E-state index < -0.39 is 10.0 Å². The zero-order valence-electron chi connectivity index (χ0n) is 16.5. The maximum atomic E-state index is 13.2. The molecule has 0 bridgehead atoms. The Balaban J connectivity index is 1.81. The maximum absolute atomic E-state index is 13.2. The molecule has 2 aromatic rings. The van der Waals surface area contributed by atoms with Gasteiger partial charge in [-0.15, -0.1) is 0 Å². The molecule has 1 saturated heterocycles. The summed E-state index contributed by atoms with van der Waals surface area (Å²) in [6.45, 7) is 5.82. The number of amides is 1. The molecule has 8 heteroatoms. The fraction of sp³-hybridized carbons (Fsp3) is 0.381. The van der Waals surface area contributed by atoms with E-state index >= 15 is 0 Å². The molecule has 3 rings (SSSR count). The van der Waals surface area contributed by atoms with Crippen LogP contribution in [0.5, 0.6) is 0 Å². The van der Waals surface area contributed by atoms with Crippen LogP contribution in [0, 0.1) is 0 Å². The second-order valence-electron chi connectivity index (χ2n) is 7.03. The van der Waals surface area contributed by atoms with E-state index in [0.717, 1.165) is 25.2 Å². The molecule has 0 atom stereocenters. The van der Waals surface area contributed by atoms with Gasteiger partial charge in [-0.25, -0.2) is 8.42 Å². The molecule has 0 saturated carbocycles. The molecule has 29 heavy (non-hydrogen) atoms. The number of carbonyl (C=O) groups is 1. The largest absolute Gasteiger partial charge is 0.339 e. The van der Waals surface area contributed by atoms with E-state index in [-0.39, 0.29) is 23.9 Å². The van der Waals surface area contributed by atoms with Gasteiger partial charge >= 0.3 is 0 Å². The number of hydrogen-bond donors (Lipinski definition) is 0.